The largest absolute Gasteiger partial charge is 0.348 e. The number of Topliss-reactive ketones (excluding diaryl/α,β-unsaturated/α-hetero) is 1. The number of rotatable bonds is 6. The van der Waals surface area contributed by atoms with Crippen molar-refractivity contribution in [3.63, 3.8) is 0 Å². The number of benzene rings is 2. The first kappa shape index (κ1) is 19.4. The van der Waals surface area contributed by atoms with Gasteiger partial charge in [0.25, 0.3) is 0 Å². The third-order valence-corrected chi connectivity index (χ3v) is 6.02. The third-order valence-electron chi connectivity index (χ3n) is 6.02. The molecule has 1 saturated carbocycles. The first-order valence-electron chi connectivity index (χ1n) is 10.6. The molecule has 4 rings (SSSR count). The van der Waals surface area contributed by atoms with Crippen molar-refractivity contribution in [2.24, 2.45) is 5.92 Å². The van der Waals surface area contributed by atoms with E-state index in [0.29, 0.717) is 0 Å². The minimum Gasteiger partial charge on any atom is -0.348 e. The second kappa shape index (κ2) is 8.64. The predicted molar refractivity (Wildman–Crippen MR) is 116 cm³/mol. The Balaban J connectivity index is 1.54. The number of amides is 1. The van der Waals surface area contributed by atoms with Gasteiger partial charge >= 0.3 is 0 Å². The predicted octanol–water partition coefficient (Wildman–Crippen LogP) is 5.28. The zero-order valence-electron chi connectivity index (χ0n) is 16.9. The van der Waals surface area contributed by atoms with Gasteiger partial charge in [0.15, 0.2) is 5.78 Å². The lowest BCUT2D eigenvalue weighted by Crippen LogP contribution is -2.29. The van der Waals surface area contributed by atoms with Crippen molar-refractivity contribution in [1.82, 2.24) is 9.88 Å². The summed E-state index contributed by atoms with van der Waals surface area (Å²) in [5.41, 5.74) is 2.77. The van der Waals surface area contributed by atoms with Gasteiger partial charge in [-0.1, -0.05) is 67.8 Å². The Bertz CT molecular complexity index is 1000. The molecule has 29 heavy (non-hydrogen) atoms. The topological polar surface area (TPSA) is 51.1 Å². The van der Waals surface area contributed by atoms with E-state index in [0.717, 1.165) is 47.7 Å². The molecular weight excluding hydrogens is 360 g/mol. The molecule has 1 aliphatic rings. The quantitative estimate of drug-likeness (QED) is 0.584. The lowest BCUT2D eigenvalue weighted by molar-refractivity contribution is -0.122. The second-order valence-corrected chi connectivity index (χ2v) is 8.09. The molecule has 0 radical (unpaired) electrons. The van der Waals surface area contributed by atoms with Crippen LogP contribution in [0.3, 0.4) is 0 Å². The Labute approximate surface area is 171 Å². The minimum absolute atomic E-state index is 0.0567. The van der Waals surface area contributed by atoms with Crippen molar-refractivity contribution in [2.45, 2.75) is 51.6 Å². The molecule has 1 unspecified atom stereocenters. The zero-order chi connectivity index (χ0) is 20.2. The molecule has 0 spiro atoms. The van der Waals surface area contributed by atoms with Gasteiger partial charge in [0, 0.05) is 28.6 Å². The van der Waals surface area contributed by atoms with Crippen LogP contribution in [-0.4, -0.2) is 16.3 Å². The number of nitrogens with zero attached hydrogens (tertiary/aromatic N) is 1. The van der Waals surface area contributed by atoms with Gasteiger partial charge < -0.3 is 9.88 Å². The summed E-state index contributed by atoms with van der Waals surface area (Å²) in [6.07, 6.45) is 7.34. The maximum atomic E-state index is 13.2. The number of nitrogens with one attached hydrogen (secondary N) is 1. The molecule has 4 nitrogen and oxygen atoms in total. The monoisotopic (exact) mass is 388 g/mol. The standard InChI is InChI=1S/C25H28N2O2/c1-18(19-10-4-2-5-11-19)26-24(28)17-27-16-22(21-14-8-9-15-23(21)27)25(29)20-12-6-3-7-13-20/h2,4-5,8-11,14-16,18,20H,3,6-7,12-13,17H2,1H3,(H,26,28). The van der Waals surface area contributed by atoms with Crippen LogP contribution < -0.4 is 5.32 Å². The molecule has 1 amide bonds. The molecule has 150 valence electrons. The lowest BCUT2D eigenvalue weighted by Gasteiger charge is -2.19. The molecule has 3 aromatic rings. The summed E-state index contributed by atoms with van der Waals surface area (Å²) < 4.78 is 1.92. The molecule has 0 saturated heterocycles. The number of para-hydroxylation sites is 1. The van der Waals surface area contributed by atoms with Crippen LogP contribution in [0.25, 0.3) is 10.9 Å². The van der Waals surface area contributed by atoms with Crippen LogP contribution >= 0.6 is 0 Å². The Kier molecular flexibility index (Phi) is 5.79. The van der Waals surface area contributed by atoms with Crippen LogP contribution in [-0.2, 0) is 11.3 Å². The summed E-state index contributed by atoms with van der Waals surface area (Å²) >= 11 is 0. The fourth-order valence-electron chi connectivity index (χ4n) is 4.43. The number of hydrogen-bond donors (Lipinski definition) is 1. The smallest absolute Gasteiger partial charge is 0.240 e. The Morgan fingerprint density at radius 2 is 1.69 bits per heavy atom. The molecule has 1 aromatic heterocycles. The van der Waals surface area contributed by atoms with Gasteiger partial charge in [-0.15, -0.1) is 0 Å². The number of fused-ring (bicyclic) bond motifs is 1. The molecule has 1 atom stereocenters. The average molecular weight is 389 g/mol. The minimum atomic E-state index is -0.0612. The van der Waals surface area contributed by atoms with Crippen LogP contribution in [0.1, 0.15) is 61.0 Å². The van der Waals surface area contributed by atoms with E-state index in [9.17, 15) is 9.59 Å². The molecule has 0 aliphatic heterocycles. The van der Waals surface area contributed by atoms with E-state index in [4.69, 9.17) is 0 Å². The van der Waals surface area contributed by atoms with Crippen LogP contribution in [0, 0.1) is 5.92 Å². The summed E-state index contributed by atoms with van der Waals surface area (Å²) in [7, 11) is 0. The van der Waals surface area contributed by atoms with E-state index in [1.807, 2.05) is 72.3 Å². The number of carbonyl (C=O) groups excluding carboxylic acids is 2. The van der Waals surface area contributed by atoms with E-state index in [1.165, 1.54) is 6.42 Å². The Hall–Kier alpha value is -2.88. The Morgan fingerprint density at radius 1 is 1.00 bits per heavy atom. The fourth-order valence-corrected chi connectivity index (χ4v) is 4.43. The second-order valence-electron chi connectivity index (χ2n) is 8.09. The van der Waals surface area contributed by atoms with E-state index in [-0.39, 0.29) is 30.2 Å². The van der Waals surface area contributed by atoms with Crippen LogP contribution in [0.15, 0.2) is 60.8 Å². The first-order valence-corrected chi connectivity index (χ1v) is 10.6. The highest BCUT2D eigenvalue weighted by Crippen LogP contribution is 2.30. The van der Waals surface area contributed by atoms with Gasteiger partial charge in [0.1, 0.15) is 6.54 Å². The normalized spacial score (nSPS) is 15.9. The maximum Gasteiger partial charge on any atom is 0.240 e. The molecule has 1 fully saturated rings. The van der Waals surface area contributed by atoms with E-state index in [2.05, 4.69) is 5.32 Å². The molecule has 1 N–H and O–H groups in total. The summed E-state index contributed by atoms with van der Waals surface area (Å²) in [5, 5.41) is 4.02. The van der Waals surface area contributed by atoms with Crippen LogP contribution in [0.5, 0.6) is 0 Å². The van der Waals surface area contributed by atoms with Crippen LogP contribution in [0.2, 0.25) is 0 Å². The molecule has 1 aliphatic carbocycles. The maximum absolute atomic E-state index is 13.2. The number of hydrogen-bond acceptors (Lipinski definition) is 2. The van der Waals surface area contributed by atoms with E-state index >= 15 is 0 Å². The lowest BCUT2D eigenvalue weighted by atomic mass is 9.84. The van der Waals surface area contributed by atoms with Crippen molar-refractivity contribution in [1.29, 1.82) is 0 Å². The van der Waals surface area contributed by atoms with Crippen molar-refractivity contribution < 1.29 is 9.59 Å². The van der Waals surface area contributed by atoms with E-state index < -0.39 is 0 Å². The summed E-state index contributed by atoms with van der Waals surface area (Å²) in [4.78, 5) is 25.9. The van der Waals surface area contributed by atoms with Crippen LogP contribution in [0.4, 0.5) is 0 Å². The van der Waals surface area contributed by atoms with Gasteiger partial charge in [-0.05, 0) is 31.4 Å². The SMILES string of the molecule is CC(NC(=O)Cn1cc(C(=O)C2CCCCC2)c2ccccc21)c1ccccc1. The van der Waals surface area contributed by atoms with Gasteiger partial charge in [-0.3, -0.25) is 9.59 Å². The Morgan fingerprint density at radius 3 is 2.45 bits per heavy atom. The first-order chi connectivity index (χ1) is 14.1. The highest BCUT2D eigenvalue weighted by Gasteiger charge is 2.25. The van der Waals surface area contributed by atoms with Crippen molar-refractivity contribution >= 4 is 22.6 Å². The molecular formula is C25H28N2O2. The van der Waals surface area contributed by atoms with E-state index in [1.54, 1.807) is 0 Å². The van der Waals surface area contributed by atoms with Gasteiger partial charge in [-0.2, -0.15) is 0 Å². The number of ketones is 1. The van der Waals surface area contributed by atoms with Crippen molar-refractivity contribution in [2.75, 3.05) is 0 Å². The summed E-state index contributed by atoms with van der Waals surface area (Å²) in [5.74, 6) is 0.298. The molecule has 0 bridgehead atoms. The summed E-state index contributed by atoms with van der Waals surface area (Å²) in [6, 6.07) is 17.8. The van der Waals surface area contributed by atoms with Gasteiger partial charge in [0.2, 0.25) is 5.91 Å². The summed E-state index contributed by atoms with van der Waals surface area (Å²) in [6.45, 7) is 2.19. The molecule has 1 heterocycles. The average Bonchev–Trinajstić information content (AvgIpc) is 3.12. The van der Waals surface area contributed by atoms with Gasteiger partial charge in [-0.25, -0.2) is 0 Å². The molecule has 4 heteroatoms. The highest BCUT2D eigenvalue weighted by molar-refractivity contribution is 6.09. The van der Waals surface area contributed by atoms with Gasteiger partial charge in [0.05, 0.1) is 6.04 Å². The molecule has 2 aromatic carbocycles. The fraction of sp³-hybridized carbons (Fsp3) is 0.360. The third kappa shape index (κ3) is 4.26. The number of aromatic nitrogens is 1. The number of carbonyl (C=O) groups is 2. The van der Waals surface area contributed by atoms with Crippen molar-refractivity contribution in [3.05, 3.63) is 71.9 Å². The van der Waals surface area contributed by atoms with Crippen molar-refractivity contribution in [3.8, 4) is 0 Å². The zero-order valence-corrected chi connectivity index (χ0v) is 16.9. The highest BCUT2D eigenvalue weighted by atomic mass is 16.2.